The number of β-lactam (4-membered cyclic amide) rings is 1. The second-order valence-electron chi connectivity index (χ2n) is 6.37. The quantitative estimate of drug-likeness (QED) is 0.798. The summed E-state index contributed by atoms with van der Waals surface area (Å²) in [7, 11) is 0. The molecule has 0 aliphatic carbocycles. The van der Waals surface area contributed by atoms with Gasteiger partial charge in [0.15, 0.2) is 0 Å². The summed E-state index contributed by atoms with van der Waals surface area (Å²) in [6.07, 6.45) is 4.14. The van der Waals surface area contributed by atoms with E-state index < -0.39 is 0 Å². The van der Waals surface area contributed by atoms with Crippen molar-refractivity contribution in [2.24, 2.45) is 5.92 Å². The van der Waals surface area contributed by atoms with Crippen LogP contribution in [0.15, 0.2) is 24.5 Å². The fourth-order valence-electron chi connectivity index (χ4n) is 2.40. The van der Waals surface area contributed by atoms with Crippen LogP contribution in [-0.2, 0) is 10.2 Å². The van der Waals surface area contributed by atoms with Crippen LogP contribution in [0.5, 0.6) is 0 Å². The number of imidazole rings is 1. The number of amides is 1. The maximum atomic E-state index is 11.3. The first-order valence-corrected chi connectivity index (χ1v) is 6.66. The van der Waals surface area contributed by atoms with Gasteiger partial charge in [0.2, 0.25) is 5.91 Å². The van der Waals surface area contributed by atoms with Crippen molar-refractivity contribution in [3.05, 3.63) is 35.8 Å². The number of carbonyl (C=O) groups is 1. The van der Waals surface area contributed by atoms with Gasteiger partial charge in [-0.05, 0) is 17.0 Å². The fraction of sp³-hybridized carbons (Fsp3) is 0.467. The first-order valence-electron chi connectivity index (χ1n) is 6.66. The molecule has 4 heteroatoms. The van der Waals surface area contributed by atoms with Crippen LogP contribution >= 0.6 is 0 Å². The number of rotatable bonds is 1. The molecule has 0 spiro atoms. The van der Waals surface area contributed by atoms with Gasteiger partial charge in [0.1, 0.15) is 5.65 Å². The standard InChI is InChI=1S/C15H19N3O/c1-9-13(17-14(9)19)11-8-18-7-10(15(2,3)4)5-6-12(18)16-11/h5-9,13H,1-4H3,(H,17,19)/t9-,13+/m1/s1. The lowest BCUT2D eigenvalue weighted by atomic mass is 9.88. The van der Waals surface area contributed by atoms with Crippen molar-refractivity contribution in [2.45, 2.75) is 39.2 Å². The lowest BCUT2D eigenvalue weighted by molar-refractivity contribution is -0.134. The Bertz CT molecular complexity index is 651. The number of fused-ring (bicyclic) bond motifs is 1. The molecule has 19 heavy (non-hydrogen) atoms. The second-order valence-corrected chi connectivity index (χ2v) is 6.37. The Hall–Kier alpha value is -1.84. The maximum Gasteiger partial charge on any atom is 0.225 e. The molecule has 0 unspecified atom stereocenters. The monoisotopic (exact) mass is 257 g/mol. The van der Waals surface area contributed by atoms with Gasteiger partial charge in [0, 0.05) is 12.4 Å². The van der Waals surface area contributed by atoms with Crippen molar-refractivity contribution in [3.63, 3.8) is 0 Å². The summed E-state index contributed by atoms with van der Waals surface area (Å²) in [4.78, 5) is 15.9. The molecule has 2 atom stereocenters. The van der Waals surface area contributed by atoms with E-state index in [1.807, 2.05) is 23.6 Å². The SMILES string of the molecule is C[C@H]1C(=O)N[C@@H]1c1cn2cc(C(C)(C)C)ccc2n1. The molecule has 0 aromatic carbocycles. The number of hydrogen-bond donors (Lipinski definition) is 1. The van der Waals surface area contributed by atoms with Crippen LogP contribution in [-0.4, -0.2) is 15.3 Å². The Kier molecular flexibility index (Phi) is 2.46. The molecule has 2 aromatic heterocycles. The van der Waals surface area contributed by atoms with Gasteiger partial charge in [0.25, 0.3) is 0 Å². The van der Waals surface area contributed by atoms with Crippen molar-refractivity contribution in [2.75, 3.05) is 0 Å². The van der Waals surface area contributed by atoms with E-state index in [0.29, 0.717) is 0 Å². The average Bonchev–Trinajstić information content (AvgIpc) is 2.76. The highest BCUT2D eigenvalue weighted by Crippen LogP contribution is 2.30. The molecule has 1 fully saturated rings. The van der Waals surface area contributed by atoms with Crippen LogP contribution in [0.3, 0.4) is 0 Å². The average molecular weight is 257 g/mol. The van der Waals surface area contributed by atoms with E-state index in [2.05, 4.69) is 43.3 Å². The number of carbonyl (C=O) groups excluding carboxylic acids is 1. The van der Waals surface area contributed by atoms with Crippen LogP contribution < -0.4 is 5.32 Å². The van der Waals surface area contributed by atoms with Crippen LogP contribution in [0.25, 0.3) is 5.65 Å². The molecule has 3 heterocycles. The molecule has 4 nitrogen and oxygen atoms in total. The van der Waals surface area contributed by atoms with E-state index in [9.17, 15) is 4.79 Å². The van der Waals surface area contributed by atoms with E-state index in [1.165, 1.54) is 5.56 Å². The number of hydrogen-bond acceptors (Lipinski definition) is 2. The molecule has 1 aliphatic heterocycles. The van der Waals surface area contributed by atoms with Crippen molar-refractivity contribution in [1.82, 2.24) is 14.7 Å². The first-order chi connectivity index (χ1) is 8.86. The van der Waals surface area contributed by atoms with Gasteiger partial charge in [-0.25, -0.2) is 4.98 Å². The maximum absolute atomic E-state index is 11.3. The Morgan fingerprint density at radius 3 is 2.58 bits per heavy atom. The zero-order valence-corrected chi connectivity index (χ0v) is 11.8. The molecule has 0 saturated carbocycles. The summed E-state index contributed by atoms with van der Waals surface area (Å²) in [6, 6.07) is 4.22. The minimum Gasteiger partial charge on any atom is -0.347 e. The Balaban J connectivity index is 2.00. The molecule has 100 valence electrons. The number of pyridine rings is 1. The molecule has 1 N–H and O–H groups in total. The smallest absolute Gasteiger partial charge is 0.225 e. The lowest BCUT2D eigenvalue weighted by Crippen LogP contribution is -2.50. The zero-order chi connectivity index (χ0) is 13.8. The van der Waals surface area contributed by atoms with E-state index >= 15 is 0 Å². The van der Waals surface area contributed by atoms with Crippen LogP contribution in [0.4, 0.5) is 0 Å². The third kappa shape index (κ3) is 1.91. The highest BCUT2D eigenvalue weighted by molar-refractivity contribution is 5.85. The van der Waals surface area contributed by atoms with Crippen LogP contribution in [0, 0.1) is 5.92 Å². The van der Waals surface area contributed by atoms with Gasteiger partial charge in [0.05, 0.1) is 17.7 Å². The van der Waals surface area contributed by atoms with Gasteiger partial charge in [-0.3, -0.25) is 4.79 Å². The highest BCUT2D eigenvalue weighted by Gasteiger charge is 2.37. The first kappa shape index (κ1) is 12.2. The molecule has 1 saturated heterocycles. The zero-order valence-electron chi connectivity index (χ0n) is 11.8. The topological polar surface area (TPSA) is 46.4 Å². The van der Waals surface area contributed by atoms with E-state index in [4.69, 9.17) is 0 Å². The predicted octanol–water partition coefficient (Wildman–Crippen LogP) is 2.44. The summed E-state index contributed by atoms with van der Waals surface area (Å²) in [6.45, 7) is 8.52. The number of aromatic nitrogens is 2. The van der Waals surface area contributed by atoms with E-state index in [1.54, 1.807) is 0 Å². The molecule has 1 aliphatic rings. The van der Waals surface area contributed by atoms with Crippen LogP contribution in [0.2, 0.25) is 0 Å². The van der Waals surface area contributed by atoms with Crippen molar-refractivity contribution in [1.29, 1.82) is 0 Å². The van der Waals surface area contributed by atoms with Gasteiger partial charge < -0.3 is 9.72 Å². The van der Waals surface area contributed by atoms with Crippen molar-refractivity contribution >= 4 is 11.6 Å². The summed E-state index contributed by atoms with van der Waals surface area (Å²) >= 11 is 0. The molecule has 0 bridgehead atoms. The molecule has 2 aromatic rings. The normalized spacial score (nSPS) is 23.3. The number of nitrogens with zero attached hydrogens (tertiary/aromatic N) is 2. The Morgan fingerprint density at radius 2 is 2.00 bits per heavy atom. The largest absolute Gasteiger partial charge is 0.347 e. The van der Waals surface area contributed by atoms with E-state index in [0.717, 1.165) is 11.3 Å². The molecule has 3 rings (SSSR count). The van der Waals surface area contributed by atoms with Crippen LogP contribution in [0.1, 0.15) is 45.0 Å². The van der Waals surface area contributed by atoms with Crippen molar-refractivity contribution in [3.8, 4) is 0 Å². The molecule has 0 radical (unpaired) electrons. The third-order valence-electron chi connectivity index (χ3n) is 3.87. The van der Waals surface area contributed by atoms with Gasteiger partial charge in [-0.2, -0.15) is 0 Å². The van der Waals surface area contributed by atoms with Crippen molar-refractivity contribution < 1.29 is 4.79 Å². The minimum atomic E-state index is 0.0204. The van der Waals surface area contributed by atoms with Gasteiger partial charge in [-0.15, -0.1) is 0 Å². The summed E-state index contributed by atoms with van der Waals surface area (Å²) in [5.74, 6) is 0.129. The third-order valence-corrected chi connectivity index (χ3v) is 3.87. The second kappa shape index (κ2) is 3.83. The summed E-state index contributed by atoms with van der Waals surface area (Å²) in [5, 5.41) is 2.90. The summed E-state index contributed by atoms with van der Waals surface area (Å²) in [5.41, 5.74) is 3.26. The lowest BCUT2D eigenvalue weighted by Gasteiger charge is -2.32. The fourth-order valence-corrected chi connectivity index (χ4v) is 2.40. The Morgan fingerprint density at radius 1 is 1.26 bits per heavy atom. The molecular weight excluding hydrogens is 238 g/mol. The summed E-state index contributed by atoms with van der Waals surface area (Å²) < 4.78 is 2.05. The van der Waals surface area contributed by atoms with E-state index in [-0.39, 0.29) is 23.3 Å². The highest BCUT2D eigenvalue weighted by atomic mass is 16.2. The van der Waals surface area contributed by atoms with Gasteiger partial charge in [-0.1, -0.05) is 33.8 Å². The predicted molar refractivity (Wildman–Crippen MR) is 73.9 cm³/mol. The number of nitrogens with one attached hydrogen (secondary N) is 1. The Labute approximate surface area is 112 Å². The molecular formula is C15H19N3O. The van der Waals surface area contributed by atoms with Gasteiger partial charge >= 0.3 is 0 Å². The minimum absolute atomic E-state index is 0.0204. The molecule has 1 amide bonds.